The Morgan fingerprint density at radius 2 is 0.717 bits per heavy atom. The molecule has 0 aromatic heterocycles. The van der Waals surface area contributed by atoms with Crippen molar-refractivity contribution >= 4 is 5.91 Å². The van der Waals surface area contributed by atoms with Gasteiger partial charge in [-0.3, -0.25) is 4.79 Å². The Balaban J connectivity index is 3.45. The molecule has 0 radical (unpaired) electrons. The lowest BCUT2D eigenvalue weighted by molar-refractivity contribution is -0.124. The van der Waals surface area contributed by atoms with Crippen molar-refractivity contribution in [3.63, 3.8) is 0 Å². The highest BCUT2D eigenvalue weighted by Crippen LogP contribution is 2.17. The summed E-state index contributed by atoms with van der Waals surface area (Å²) in [5.74, 6) is -0.142. The lowest BCUT2D eigenvalue weighted by Crippen LogP contribution is -2.50. The van der Waals surface area contributed by atoms with Crippen LogP contribution in [0.5, 0.6) is 0 Å². The molecule has 0 spiro atoms. The smallest absolute Gasteiger partial charge is 0.220 e. The van der Waals surface area contributed by atoms with Crippen LogP contribution in [0.3, 0.4) is 0 Å². The highest BCUT2D eigenvalue weighted by molar-refractivity contribution is 5.76. The van der Waals surface area contributed by atoms with Crippen molar-refractivity contribution in [2.75, 3.05) is 6.61 Å². The molecule has 4 N–H and O–H groups in total. The maximum absolute atomic E-state index is 12.5. The standard InChI is InChI=1S/C55H107NO4/c1-3-5-7-9-11-13-15-16-17-18-19-20-21-22-23-24-25-26-27-28-29-30-31-32-33-34-35-36-37-38-40-42-44-46-48-50-54(59)56-52(51-57)55(60)53(58)49-47-45-43-41-39-14-12-10-8-6-4-2/h21-22,24-25,52-53,55,57-58,60H,3-20,23,26-51H2,1-2H3,(H,56,59)/b22-21-,25-24-. The Morgan fingerprint density at radius 1 is 0.417 bits per heavy atom. The van der Waals surface area contributed by atoms with Gasteiger partial charge in [-0.2, -0.15) is 0 Å². The molecule has 0 aliphatic heterocycles. The summed E-state index contributed by atoms with van der Waals surface area (Å²) < 4.78 is 0. The Morgan fingerprint density at radius 3 is 1.05 bits per heavy atom. The molecule has 0 aliphatic rings. The second-order valence-corrected chi connectivity index (χ2v) is 18.8. The van der Waals surface area contributed by atoms with Gasteiger partial charge in [0.2, 0.25) is 5.91 Å². The Labute approximate surface area is 375 Å². The fourth-order valence-electron chi connectivity index (χ4n) is 8.61. The molecule has 0 saturated heterocycles. The SMILES string of the molecule is CCCCCCCCCCCCC/C=C\C/C=C\CCCCCCCCCCCCCCCCCCCC(=O)NC(CO)C(O)C(O)CCCCCCCCCCCCC. The first-order chi connectivity index (χ1) is 29.6. The summed E-state index contributed by atoms with van der Waals surface area (Å²) in [7, 11) is 0. The third kappa shape index (κ3) is 44.9. The summed E-state index contributed by atoms with van der Waals surface area (Å²) in [4.78, 5) is 12.5. The van der Waals surface area contributed by atoms with Gasteiger partial charge in [-0.05, 0) is 44.9 Å². The number of hydrogen-bond donors (Lipinski definition) is 4. The maximum Gasteiger partial charge on any atom is 0.220 e. The van der Waals surface area contributed by atoms with Crippen LogP contribution in [-0.2, 0) is 4.79 Å². The normalized spacial score (nSPS) is 13.5. The van der Waals surface area contributed by atoms with E-state index in [0.29, 0.717) is 12.8 Å². The van der Waals surface area contributed by atoms with E-state index in [-0.39, 0.29) is 12.5 Å². The minimum atomic E-state index is -1.13. The van der Waals surface area contributed by atoms with E-state index in [2.05, 4.69) is 43.5 Å². The first-order valence-electron chi connectivity index (χ1n) is 27.1. The van der Waals surface area contributed by atoms with Crippen molar-refractivity contribution in [1.29, 1.82) is 0 Å². The number of unbranched alkanes of at least 4 members (excludes halogenated alkanes) is 38. The van der Waals surface area contributed by atoms with Crippen molar-refractivity contribution < 1.29 is 20.1 Å². The van der Waals surface area contributed by atoms with Gasteiger partial charge in [0.15, 0.2) is 0 Å². The van der Waals surface area contributed by atoms with Crippen molar-refractivity contribution in [1.82, 2.24) is 5.32 Å². The average Bonchev–Trinajstić information content (AvgIpc) is 3.25. The lowest BCUT2D eigenvalue weighted by atomic mass is 9.99. The predicted octanol–water partition coefficient (Wildman–Crippen LogP) is 16.5. The molecule has 0 aromatic rings. The number of carbonyl (C=O) groups is 1. The first-order valence-corrected chi connectivity index (χ1v) is 27.1. The van der Waals surface area contributed by atoms with E-state index < -0.39 is 18.2 Å². The average molecular weight is 846 g/mol. The first kappa shape index (κ1) is 58.8. The van der Waals surface area contributed by atoms with Crippen LogP contribution in [0.4, 0.5) is 0 Å². The number of aliphatic hydroxyl groups is 3. The Kier molecular flexibility index (Phi) is 49.5. The van der Waals surface area contributed by atoms with E-state index in [0.717, 1.165) is 44.9 Å². The quantitative estimate of drug-likeness (QED) is 0.0363. The van der Waals surface area contributed by atoms with Crippen LogP contribution in [0.1, 0.15) is 296 Å². The van der Waals surface area contributed by atoms with Crippen molar-refractivity contribution in [2.45, 2.75) is 315 Å². The molecule has 3 unspecified atom stereocenters. The lowest BCUT2D eigenvalue weighted by Gasteiger charge is -2.26. The fraction of sp³-hybridized carbons (Fsp3) is 0.909. The Hall–Kier alpha value is -1.17. The van der Waals surface area contributed by atoms with Crippen LogP contribution in [0.2, 0.25) is 0 Å². The molecule has 5 heteroatoms. The number of allylic oxidation sites excluding steroid dienone is 4. The number of aliphatic hydroxyl groups excluding tert-OH is 3. The molecule has 5 nitrogen and oxygen atoms in total. The molecule has 3 atom stereocenters. The molecule has 0 heterocycles. The molecule has 0 aromatic carbocycles. The van der Waals surface area contributed by atoms with Gasteiger partial charge >= 0.3 is 0 Å². The number of hydrogen-bond acceptors (Lipinski definition) is 4. The number of amides is 1. The molecule has 0 aliphatic carbocycles. The van der Waals surface area contributed by atoms with E-state index in [1.165, 1.54) is 225 Å². The molecule has 0 bridgehead atoms. The zero-order valence-corrected chi connectivity index (χ0v) is 40.6. The van der Waals surface area contributed by atoms with Gasteiger partial charge in [0.25, 0.3) is 0 Å². The van der Waals surface area contributed by atoms with E-state index in [1.54, 1.807) is 0 Å². The summed E-state index contributed by atoms with van der Waals surface area (Å²) in [6, 6.07) is -0.806. The third-order valence-corrected chi connectivity index (χ3v) is 12.8. The molecule has 356 valence electrons. The monoisotopic (exact) mass is 846 g/mol. The zero-order valence-electron chi connectivity index (χ0n) is 40.6. The zero-order chi connectivity index (χ0) is 43.7. The summed E-state index contributed by atoms with van der Waals surface area (Å²) in [6.07, 6.45) is 63.4. The predicted molar refractivity (Wildman–Crippen MR) is 264 cm³/mol. The van der Waals surface area contributed by atoms with Gasteiger partial charge in [-0.15, -0.1) is 0 Å². The minimum absolute atomic E-state index is 0.142. The van der Waals surface area contributed by atoms with Gasteiger partial charge in [0, 0.05) is 6.42 Å². The van der Waals surface area contributed by atoms with E-state index in [9.17, 15) is 20.1 Å². The topological polar surface area (TPSA) is 89.8 Å². The molecule has 0 saturated carbocycles. The summed E-state index contributed by atoms with van der Waals surface area (Å²) >= 11 is 0. The van der Waals surface area contributed by atoms with Gasteiger partial charge in [-0.25, -0.2) is 0 Å². The van der Waals surface area contributed by atoms with Crippen LogP contribution < -0.4 is 5.32 Å². The fourth-order valence-corrected chi connectivity index (χ4v) is 8.61. The number of carbonyl (C=O) groups excluding carboxylic acids is 1. The van der Waals surface area contributed by atoms with Gasteiger partial charge < -0.3 is 20.6 Å². The maximum atomic E-state index is 12.5. The van der Waals surface area contributed by atoms with E-state index in [1.807, 2.05) is 0 Å². The number of rotatable bonds is 50. The highest BCUT2D eigenvalue weighted by Gasteiger charge is 2.26. The van der Waals surface area contributed by atoms with Gasteiger partial charge in [0.05, 0.1) is 18.8 Å². The van der Waals surface area contributed by atoms with Crippen LogP contribution in [0.15, 0.2) is 24.3 Å². The van der Waals surface area contributed by atoms with Crippen LogP contribution >= 0.6 is 0 Å². The molecular weight excluding hydrogens is 739 g/mol. The molecule has 1 amide bonds. The van der Waals surface area contributed by atoms with Gasteiger partial charge in [-0.1, -0.05) is 269 Å². The second-order valence-electron chi connectivity index (χ2n) is 18.8. The van der Waals surface area contributed by atoms with Crippen LogP contribution in [0.25, 0.3) is 0 Å². The summed E-state index contributed by atoms with van der Waals surface area (Å²) in [5, 5.41) is 33.6. The van der Waals surface area contributed by atoms with Gasteiger partial charge in [0.1, 0.15) is 6.10 Å². The number of nitrogens with one attached hydrogen (secondary N) is 1. The Bertz CT molecular complexity index is 890. The summed E-state index contributed by atoms with van der Waals surface area (Å²) in [5.41, 5.74) is 0. The molecule has 0 rings (SSSR count). The highest BCUT2D eigenvalue weighted by atomic mass is 16.3. The van der Waals surface area contributed by atoms with Crippen molar-refractivity contribution in [3.05, 3.63) is 24.3 Å². The molecular formula is C55H107NO4. The van der Waals surface area contributed by atoms with Crippen LogP contribution in [0, 0.1) is 0 Å². The molecule has 0 fully saturated rings. The van der Waals surface area contributed by atoms with Crippen molar-refractivity contribution in [3.8, 4) is 0 Å². The third-order valence-electron chi connectivity index (χ3n) is 12.8. The largest absolute Gasteiger partial charge is 0.394 e. The minimum Gasteiger partial charge on any atom is -0.394 e. The van der Waals surface area contributed by atoms with Crippen molar-refractivity contribution in [2.24, 2.45) is 0 Å². The van der Waals surface area contributed by atoms with E-state index in [4.69, 9.17) is 0 Å². The van der Waals surface area contributed by atoms with Crippen LogP contribution in [-0.4, -0.2) is 46.1 Å². The molecule has 60 heavy (non-hydrogen) atoms. The second kappa shape index (κ2) is 50.5. The summed E-state index contributed by atoms with van der Waals surface area (Å²) in [6.45, 7) is 4.19. The van der Waals surface area contributed by atoms with E-state index >= 15 is 0 Å².